The van der Waals surface area contributed by atoms with E-state index >= 15 is 0 Å². The normalized spacial score (nSPS) is 18.6. The number of piperazine rings is 1. The van der Waals surface area contributed by atoms with Gasteiger partial charge in [-0.3, -0.25) is 0 Å². The van der Waals surface area contributed by atoms with E-state index in [1.54, 1.807) is 0 Å². The maximum Gasteiger partial charge on any atom is 0.332 e. The summed E-state index contributed by atoms with van der Waals surface area (Å²) in [6.45, 7) is 1.08. The van der Waals surface area contributed by atoms with Crippen molar-refractivity contribution in [2.24, 2.45) is 0 Å². The maximum absolute atomic E-state index is 11.7. The van der Waals surface area contributed by atoms with Gasteiger partial charge < -0.3 is 20.4 Å². The molecular formula is C10H19N3O6S. The first kappa shape index (κ1) is 16.7. The quantitative estimate of drug-likeness (QED) is 0.545. The van der Waals surface area contributed by atoms with Crippen molar-refractivity contribution in [2.75, 3.05) is 39.0 Å². The average Bonchev–Trinajstić information content (AvgIpc) is 2.37. The van der Waals surface area contributed by atoms with Gasteiger partial charge in [0.15, 0.2) is 6.10 Å². The number of carbonyl (C=O) groups is 2. The van der Waals surface area contributed by atoms with E-state index in [0.29, 0.717) is 0 Å². The summed E-state index contributed by atoms with van der Waals surface area (Å²) < 4.78 is 23.9. The number of rotatable bonds is 5. The molecule has 0 aromatic rings. The van der Waals surface area contributed by atoms with Crippen molar-refractivity contribution in [1.29, 1.82) is 0 Å². The van der Waals surface area contributed by atoms with E-state index in [-0.39, 0.29) is 39.1 Å². The SMILES string of the molecule is CS(=O)(=O)N1CCN(C(=O)NCCC(O)C(=O)O)CC1. The van der Waals surface area contributed by atoms with Crippen molar-refractivity contribution in [3.05, 3.63) is 0 Å². The van der Waals surface area contributed by atoms with Gasteiger partial charge in [0.05, 0.1) is 6.26 Å². The first-order valence-electron chi connectivity index (χ1n) is 6.10. The molecule has 2 amide bonds. The number of carboxylic acid groups (broad SMARTS) is 1. The Balaban J connectivity index is 2.31. The smallest absolute Gasteiger partial charge is 0.332 e. The fourth-order valence-electron chi connectivity index (χ4n) is 1.77. The zero-order valence-electron chi connectivity index (χ0n) is 11.2. The van der Waals surface area contributed by atoms with Crippen molar-refractivity contribution in [1.82, 2.24) is 14.5 Å². The summed E-state index contributed by atoms with van der Waals surface area (Å²) in [5, 5.41) is 20.0. The Morgan fingerprint density at radius 2 is 1.80 bits per heavy atom. The van der Waals surface area contributed by atoms with Crippen molar-refractivity contribution in [2.45, 2.75) is 12.5 Å². The molecule has 10 heteroatoms. The third-order valence-corrected chi connectivity index (χ3v) is 4.28. The van der Waals surface area contributed by atoms with Crippen molar-refractivity contribution in [3.63, 3.8) is 0 Å². The molecule has 1 unspecified atom stereocenters. The molecule has 1 rings (SSSR count). The zero-order chi connectivity index (χ0) is 15.3. The highest BCUT2D eigenvalue weighted by atomic mass is 32.2. The number of carboxylic acids is 1. The van der Waals surface area contributed by atoms with Gasteiger partial charge >= 0.3 is 12.0 Å². The standard InChI is InChI=1S/C10H19N3O6S/c1-20(18,19)13-6-4-12(5-7-13)10(17)11-3-2-8(14)9(15)16/h8,14H,2-7H2,1H3,(H,11,17)(H,15,16). The zero-order valence-corrected chi connectivity index (χ0v) is 12.0. The van der Waals surface area contributed by atoms with Crippen LogP contribution in [0.1, 0.15) is 6.42 Å². The third-order valence-electron chi connectivity index (χ3n) is 2.97. The lowest BCUT2D eigenvalue weighted by atomic mass is 10.2. The van der Waals surface area contributed by atoms with Crippen LogP contribution in [0.15, 0.2) is 0 Å². The fourth-order valence-corrected chi connectivity index (χ4v) is 2.60. The van der Waals surface area contributed by atoms with Gasteiger partial charge in [0.25, 0.3) is 0 Å². The van der Waals surface area contributed by atoms with Crippen LogP contribution < -0.4 is 5.32 Å². The number of aliphatic hydroxyl groups excluding tert-OH is 1. The van der Waals surface area contributed by atoms with Crippen LogP contribution in [-0.4, -0.2) is 84.9 Å². The number of hydrogen-bond donors (Lipinski definition) is 3. The molecule has 116 valence electrons. The number of urea groups is 1. The number of aliphatic carboxylic acids is 1. The molecular weight excluding hydrogens is 290 g/mol. The van der Waals surface area contributed by atoms with Gasteiger partial charge in [0.2, 0.25) is 10.0 Å². The molecule has 0 bridgehead atoms. The molecule has 20 heavy (non-hydrogen) atoms. The van der Waals surface area contributed by atoms with Crippen molar-refractivity contribution in [3.8, 4) is 0 Å². The molecule has 1 fully saturated rings. The Labute approximate surface area is 117 Å². The van der Waals surface area contributed by atoms with Crippen LogP contribution >= 0.6 is 0 Å². The minimum absolute atomic E-state index is 0.0403. The van der Waals surface area contributed by atoms with Gasteiger partial charge in [-0.1, -0.05) is 0 Å². The molecule has 0 aliphatic carbocycles. The predicted octanol–water partition coefficient (Wildman–Crippen LogP) is -1.89. The molecule has 0 radical (unpaired) electrons. The second-order valence-electron chi connectivity index (χ2n) is 4.52. The van der Waals surface area contributed by atoms with Gasteiger partial charge in [-0.05, 0) is 0 Å². The van der Waals surface area contributed by atoms with Gasteiger partial charge in [0.1, 0.15) is 0 Å². The molecule has 1 atom stereocenters. The molecule has 0 aromatic heterocycles. The molecule has 1 saturated heterocycles. The highest BCUT2D eigenvalue weighted by molar-refractivity contribution is 7.88. The number of nitrogens with zero attached hydrogens (tertiary/aromatic N) is 2. The number of sulfonamides is 1. The van der Waals surface area contributed by atoms with E-state index in [4.69, 9.17) is 10.2 Å². The number of carbonyl (C=O) groups excluding carboxylic acids is 1. The van der Waals surface area contributed by atoms with E-state index in [0.717, 1.165) is 6.26 Å². The van der Waals surface area contributed by atoms with Gasteiger partial charge in [-0.25, -0.2) is 18.0 Å². The van der Waals surface area contributed by atoms with E-state index in [1.807, 2.05) is 0 Å². The molecule has 9 nitrogen and oxygen atoms in total. The molecule has 1 heterocycles. The molecule has 1 aliphatic heterocycles. The van der Waals surface area contributed by atoms with Gasteiger partial charge in [-0.2, -0.15) is 4.31 Å². The summed E-state index contributed by atoms with van der Waals surface area (Å²) in [6, 6.07) is -0.393. The van der Waals surface area contributed by atoms with Gasteiger partial charge in [0, 0.05) is 39.1 Å². The predicted molar refractivity (Wildman–Crippen MR) is 69.6 cm³/mol. The third kappa shape index (κ3) is 4.94. The number of nitrogens with one attached hydrogen (secondary N) is 1. The second kappa shape index (κ2) is 6.86. The van der Waals surface area contributed by atoms with Crippen LogP contribution in [0.5, 0.6) is 0 Å². The summed E-state index contributed by atoms with van der Waals surface area (Å²) >= 11 is 0. The van der Waals surface area contributed by atoms with Crippen LogP contribution in [0.2, 0.25) is 0 Å². The lowest BCUT2D eigenvalue weighted by molar-refractivity contribution is -0.146. The molecule has 0 aromatic carbocycles. The molecule has 0 spiro atoms. The Morgan fingerprint density at radius 3 is 2.25 bits per heavy atom. The van der Waals surface area contributed by atoms with Crippen LogP contribution in [0.3, 0.4) is 0 Å². The Bertz CT molecular complexity index is 458. The monoisotopic (exact) mass is 309 g/mol. The largest absolute Gasteiger partial charge is 0.479 e. The summed E-state index contributed by atoms with van der Waals surface area (Å²) in [6.07, 6.45) is -0.460. The topological polar surface area (TPSA) is 127 Å². The van der Waals surface area contributed by atoms with Crippen LogP contribution in [0.4, 0.5) is 4.79 Å². The van der Waals surface area contributed by atoms with E-state index in [1.165, 1.54) is 9.21 Å². The van der Waals surface area contributed by atoms with Crippen LogP contribution in [0, 0.1) is 0 Å². The van der Waals surface area contributed by atoms with Crippen LogP contribution in [0.25, 0.3) is 0 Å². The maximum atomic E-state index is 11.7. The lowest BCUT2D eigenvalue weighted by Gasteiger charge is -2.33. The molecule has 1 aliphatic rings. The van der Waals surface area contributed by atoms with E-state index in [9.17, 15) is 18.0 Å². The average molecular weight is 309 g/mol. The summed E-state index contributed by atoms with van der Waals surface area (Å²) in [5.74, 6) is -1.33. The minimum Gasteiger partial charge on any atom is -0.479 e. The lowest BCUT2D eigenvalue weighted by Crippen LogP contribution is -2.53. The Hall–Kier alpha value is -1.39. The Kier molecular flexibility index (Phi) is 5.72. The second-order valence-corrected chi connectivity index (χ2v) is 6.51. The fraction of sp³-hybridized carbons (Fsp3) is 0.800. The summed E-state index contributed by atoms with van der Waals surface area (Å²) in [5.41, 5.74) is 0. The highest BCUT2D eigenvalue weighted by Gasteiger charge is 2.25. The first-order chi connectivity index (χ1) is 9.21. The highest BCUT2D eigenvalue weighted by Crippen LogP contribution is 2.06. The summed E-state index contributed by atoms with van der Waals surface area (Å²) in [4.78, 5) is 23.5. The number of aliphatic hydroxyl groups is 1. The van der Waals surface area contributed by atoms with Crippen LogP contribution in [-0.2, 0) is 14.8 Å². The van der Waals surface area contributed by atoms with E-state index < -0.39 is 28.1 Å². The summed E-state index contributed by atoms with van der Waals surface area (Å²) in [7, 11) is -3.24. The molecule has 3 N–H and O–H groups in total. The molecule has 0 saturated carbocycles. The van der Waals surface area contributed by atoms with Crippen molar-refractivity contribution >= 4 is 22.0 Å². The van der Waals surface area contributed by atoms with Crippen molar-refractivity contribution < 1.29 is 28.2 Å². The minimum atomic E-state index is -3.24. The first-order valence-corrected chi connectivity index (χ1v) is 7.95. The number of hydrogen-bond acceptors (Lipinski definition) is 5. The van der Waals surface area contributed by atoms with E-state index in [2.05, 4.69) is 5.32 Å². The Morgan fingerprint density at radius 1 is 1.25 bits per heavy atom. The van der Waals surface area contributed by atoms with Gasteiger partial charge in [-0.15, -0.1) is 0 Å². The number of amides is 2.